The predicted octanol–water partition coefficient (Wildman–Crippen LogP) is 1.59. The topological polar surface area (TPSA) is 42.5 Å². The maximum Gasteiger partial charge on any atom is 0.119 e. The first kappa shape index (κ1) is 12.0. The summed E-state index contributed by atoms with van der Waals surface area (Å²) in [6.07, 6.45) is 0. The zero-order valence-electron chi connectivity index (χ0n) is 7.53. The number of ether oxygens (including phenoxy) is 1. The lowest BCUT2D eigenvalue weighted by atomic mass is 10.3. The van der Waals surface area contributed by atoms with Crippen LogP contribution in [0.3, 0.4) is 0 Å². The number of hydrogen-bond donors (Lipinski definition) is 2. The molecular weight excluding hydrogens is 192 g/mol. The molecule has 0 radical (unpaired) electrons. The summed E-state index contributed by atoms with van der Waals surface area (Å²) in [5.41, 5.74) is 6.24. The third-order valence-corrected chi connectivity index (χ3v) is 1.39. The molecule has 0 heterocycles. The van der Waals surface area contributed by atoms with Gasteiger partial charge in [-0.3, -0.25) is 10.3 Å². The minimum atomic E-state index is 0. The van der Waals surface area contributed by atoms with Crippen LogP contribution >= 0.6 is 12.4 Å². The van der Waals surface area contributed by atoms with E-state index in [4.69, 9.17) is 4.74 Å². The molecule has 1 aromatic rings. The molecule has 0 aromatic heterocycles. The van der Waals surface area contributed by atoms with Crippen molar-refractivity contribution in [2.24, 2.45) is 0 Å². The highest BCUT2D eigenvalue weighted by atomic mass is 35.5. The van der Waals surface area contributed by atoms with Gasteiger partial charge < -0.3 is 4.74 Å². The van der Waals surface area contributed by atoms with Gasteiger partial charge in [0.05, 0.1) is 19.9 Å². The molecule has 0 saturated carbocycles. The number of rotatable bonds is 4. The quantitative estimate of drug-likeness (QED) is 0.732. The minimum Gasteiger partial charge on any atom is -0.497 e. The highest BCUT2D eigenvalue weighted by Gasteiger charge is 1.90. The van der Waals surface area contributed by atoms with Crippen LogP contribution in [0.5, 0.6) is 5.75 Å². The molecule has 0 aliphatic heterocycles. The van der Waals surface area contributed by atoms with Crippen LogP contribution in [0.15, 0.2) is 24.3 Å². The molecule has 0 atom stereocenters. The van der Waals surface area contributed by atoms with Crippen LogP contribution in [-0.2, 0) is 4.84 Å². The van der Waals surface area contributed by atoms with Crippen molar-refractivity contribution in [2.45, 2.75) is 0 Å². The number of methoxy groups -OCH3 is 1. The van der Waals surface area contributed by atoms with Gasteiger partial charge in [0.2, 0.25) is 0 Å². The molecule has 0 fully saturated rings. The van der Waals surface area contributed by atoms with E-state index in [0.29, 0.717) is 0 Å². The highest BCUT2D eigenvalue weighted by molar-refractivity contribution is 5.85. The first-order chi connectivity index (χ1) is 5.86. The van der Waals surface area contributed by atoms with E-state index in [2.05, 4.69) is 15.9 Å². The first-order valence-electron chi connectivity index (χ1n) is 3.55. The third kappa shape index (κ3) is 3.98. The Labute approximate surface area is 83.6 Å². The van der Waals surface area contributed by atoms with Crippen LogP contribution in [-0.4, -0.2) is 14.2 Å². The van der Waals surface area contributed by atoms with Gasteiger partial charge in [0, 0.05) is 0 Å². The summed E-state index contributed by atoms with van der Waals surface area (Å²) in [6, 6.07) is 7.48. The van der Waals surface area contributed by atoms with E-state index in [1.165, 1.54) is 7.11 Å². The standard InChI is InChI=1S/C8H12N2O2.ClH/c1-11-8-5-3-7(4-6-8)9-10-12-2;/h3-6,9-10H,1-2H3;1H. The Kier molecular flexibility index (Phi) is 6.05. The van der Waals surface area contributed by atoms with Crippen LogP contribution in [0.2, 0.25) is 0 Å². The van der Waals surface area contributed by atoms with Crippen molar-refractivity contribution in [1.29, 1.82) is 0 Å². The van der Waals surface area contributed by atoms with Gasteiger partial charge in [0.1, 0.15) is 5.75 Å². The SMILES string of the molecule is CONNc1ccc(OC)cc1.Cl. The summed E-state index contributed by atoms with van der Waals surface area (Å²) >= 11 is 0. The Bertz CT molecular complexity index is 228. The molecule has 0 bridgehead atoms. The fraction of sp³-hybridized carbons (Fsp3) is 0.250. The molecule has 1 aromatic carbocycles. The lowest BCUT2D eigenvalue weighted by Crippen LogP contribution is -2.19. The third-order valence-electron chi connectivity index (χ3n) is 1.39. The number of anilines is 1. The van der Waals surface area contributed by atoms with Crippen molar-refractivity contribution in [2.75, 3.05) is 19.6 Å². The summed E-state index contributed by atoms with van der Waals surface area (Å²) in [5.74, 6) is 0.831. The van der Waals surface area contributed by atoms with E-state index in [9.17, 15) is 0 Å². The zero-order valence-corrected chi connectivity index (χ0v) is 8.35. The van der Waals surface area contributed by atoms with E-state index in [-0.39, 0.29) is 12.4 Å². The molecule has 0 saturated heterocycles. The van der Waals surface area contributed by atoms with Gasteiger partial charge in [-0.15, -0.1) is 18.0 Å². The molecular formula is C8H13ClN2O2. The van der Waals surface area contributed by atoms with Crippen LogP contribution in [0.1, 0.15) is 0 Å². The fourth-order valence-corrected chi connectivity index (χ4v) is 0.784. The van der Waals surface area contributed by atoms with Gasteiger partial charge >= 0.3 is 0 Å². The van der Waals surface area contributed by atoms with Gasteiger partial charge in [-0.05, 0) is 24.3 Å². The molecule has 0 aliphatic rings. The lowest BCUT2D eigenvalue weighted by Gasteiger charge is -2.05. The Balaban J connectivity index is 0.00000144. The van der Waals surface area contributed by atoms with Crippen molar-refractivity contribution in [3.8, 4) is 5.75 Å². The normalized spacial score (nSPS) is 8.77. The zero-order chi connectivity index (χ0) is 8.81. The average Bonchev–Trinajstić information content (AvgIpc) is 2.15. The average molecular weight is 205 g/mol. The molecule has 13 heavy (non-hydrogen) atoms. The van der Waals surface area contributed by atoms with Gasteiger partial charge in [0.15, 0.2) is 0 Å². The summed E-state index contributed by atoms with van der Waals surface area (Å²) in [7, 11) is 3.17. The highest BCUT2D eigenvalue weighted by Crippen LogP contribution is 2.13. The Hall–Kier alpha value is -0.970. The molecule has 0 unspecified atom stereocenters. The molecule has 1 rings (SSSR count). The van der Waals surface area contributed by atoms with E-state index in [1.807, 2.05) is 24.3 Å². The maximum atomic E-state index is 4.99. The van der Waals surface area contributed by atoms with E-state index >= 15 is 0 Å². The second-order valence-electron chi connectivity index (χ2n) is 2.16. The molecule has 74 valence electrons. The molecule has 0 aliphatic carbocycles. The van der Waals surface area contributed by atoms with E-state index in [0.717, 1.165) is 11.4 Å². The van der Waals surface area contributed by atoms with Crippen molar-refractivity contribution >= 4 is 18.1 Å². The van der Waals surface area contributed by atoms with Crippen LogP contribution in [0.4, 0.5) is 5.69 Å². The Morgan fingerprint density at radius 3 is 2.15 bits per heavy atom. The van der Waals surface area contributed by atoms with E-state index in [1.54, 1.807) is 7.11 Å². The van der Waals surface area contributed by atoms with Gasteiger partial charge in [-0.2, -0.15) is 0 Å². The molecule has 2 N–H and O–H groups in total. The maximum absolute atomic E-state index is 4.99. The molecule has 4 nitrogen and oxygen atoms in total. The number of halogens is 1. The minimum absolute atomic E-state index is 0. The predicted molar refractivity (Wildman–Crippen MR) is 54.0 cm³/mol. The van der Waals surface area contributed by atoms with Crippen LogP contribution in [0, 0.1) is 0 Å². The fourth-order valence-electron chi connectivity index (χ4n) is 0.784. The Morgan fingerprint density at radius 2 is 1.69 bits per heavy atom. The van der Waals surface area contributed by atoms with Crippen molar-refractivity contribution in [3.05, 3.63) is 24.3 Å². The van der Waals surface area contributed by atoms with Gasteiger partial charge in [-0.1, -0.05) is 0 Å². The molecule has 0 spiro atoms. The van der Waals surface area contributed by atoms with Gasteiger partial charge in [-0.25, -0.2) is 0 Å². The largest absolute Gasteiger partial charge is 0.497 e. The second kappa shape index (κ2) is 6.54. The van der Waals surface area contributed by atoms with Crippen molar-refractivity contribution in [1.82, 2.24) is 5.59 Å². The number of hydrazine groups is 1. The second-order valence-corrected chi connectivity index (χ2v) is 2.16. The number of hydrogen-bond acceptors (Lipinski definition) is 4. The summed E-state index contributed by atoms with van der Waals surface area (Å²) in [4.78, 5) is 4.61. The molecule has 5 heteroatoms. The lowest BCUT2D eigenvalue weighted by molar-refractivity contribution is 0.111. The van der Waals surface area contributed by atoms with E-state index < -0.39 is 0 Å². The summed E-state index contributed by atoms with van der Waals surface area (Å²) in [5, 5.41) is 0. The summed E-state index contributed by atoms with van der Waals surface area (Å²) < 4.78 is 4.99. The van der Waals surface area contributed by atoms with Crippen molar-refractivity contribution < 1.29 is 9.57 Å². The number of benzene rings is 1. The van der Waals surface area contributed by atoms with Gasteiger partial charge in [0.25, 0.3) is 0 Å². The van der Waals surface area contributed by atoms with Crippen LogP contribution < -0.4 is 15.8 Å². The number of nitrogens with one attached hydrogen (secondary N) is 2. The monoisotopic (exact) mass is 204 g/mol. The molecule has 0 amide bonds. The van der Waals surface area contributed by atoms with Crippen LogP contribution in [0.25, 0.3) is 0 Å². The van der Waals surface area contributed by atoms with Crippen molar-refractivity contribution in [3.63, 3.8) is 0 Å². The summed E-state index contributed by atoms with van der Waals surface area (Å²) in [6.45, 7) is 0. The first-order valence-corrected chi connectivity index (χ1v) is 3.55. The smallest absolute Gasteiger partial charge is 0.119 e. The Morgan fingerprint density at radius 1 is 1.08 bits per heavy atom.